The number of carbonyl (C=O) groups is 2. The van der Waals surface area contributed by atoms with Crippen LogP contribution in [0.4, 0.5) is 0 Å². The number of hydrogen-bond donors (Lipinski definition) is 2. The molecule has 6 heteroatoms. The van der Waals surface area contributed by atoms with Crippen LogP contribution in [0.15, 0.2) is 24.3 Å². The number of allylic oxidation sites excluding steroid dienone is 2. The van der Waals surface area contributed by atoms with E-state index in [0.29, 0.717) is 5.92 Å². The van der Waals surface area contributed by atoms with Crippen molar-refractivity contribution in [1.82, 2.24) is 0 Å². The van der Waals surface area contributed by atoms with Gasteiger partial charge in [0.25, 0.3) is 0 Å². The number of hydrogen-bond acceptors (Lipinski definition) is 6. The van der Waals surface area contributed by atoms with Gasteiger partial charge in [-0.15, -0.1) is 0 Å². The lowest BCUT2D eigenvalue weighted by Gasteiger charge is -2.45. The van der Waals surface area contributed by atoms with Gasteiger partial charge in [-0.25, -0.2) is 9.59 Å². The van der Waals surface area contributed by atoms with Crippen molar-refractivity contribution in [3.63, 3.8) is 0 Å². The van der Waals surface area contributed by atoms with Crippen LogP contribution < -0.4 is 0 Å². The maximum atomic E-state index is 12.4. The third kappa shape index (κ3) is 11.2. The van der Waals surface area contributed by atoms with Gasteiger partial charge in [-0.2, -0.15) is 0 Å². The molecule has 0 saturated heterocycles. The molecule has 2 unspecified atom stereocenters. The van der Waals surface area contributed by atoms with Crippen LogP contribution in [-0.4, -0.2) is 35.7 Å². The predicted molar refractivity (Wildman–Crippen MR) is 142 cm³/mol. The number of ether oxygens (including phenoxy) is 2. The van der Waals surface area contributed by atoms with Crippen molar-refractivity contribution in [1.29, 1.82) is 0 Å². The molecule has 0 aromatic rings. The van der Waals surface area contributed by atoms with Crippen LogP contribution in [0.2, 0.25) is 0 Å². The number of aliphatic hydroxyl groups excluding tert-OH is 2. The lowest BCUT2D eigenvalue weighted by Crippen LogP contribution is -2.37. The van der Waals surface area contributed by atoms with Crippen molar-refractivity contribution >= 4 is 11.9 Å². The Balaban J connectivity index is 2.50. The first kappa shape index (κ1) is 30.6. The molecular weight excluding hydrogens is 456 g/mol. The van der Waals surface area contributed by atoms with Crippen molar-refractivity contribution in [2.75, 3.05) is 13.6 Å². The minimum Gasteiger partial charge on any atom is -0.436 e. The van der Waals surface area contributed by atoms with Gasteiger partial charge in [0.05, 0.1) is 0 Å². The van der Waals surface area contributed by atoms with E-state index in [1.54, 1.807) is 0 Å². The van der Waals surface area contributed by atoms with Crippen molar-refractivity contribution in [3.8, 4) is 0 Å². The topological polar surface area (TPSA) is 93.1 Å². The minimum atomic E-state index is -0.630. The highest BCUT2D eigenvalue weighted by Gasteiger charge is 2.41. The van der Waals surface area contributed by atoms with Gasteiger partial charge >= 0.3 is 11.9 Å². The van der Waals surface area contributed by atoms with E-state index in [-0.39, 0.29) is 11.3 Å². The molecule has 2 rings (SSSR count). The SMILES string of the molecule is O=C(C=CC1CCCCCCCCCC1(C=CC(=O)OCO)C1CCCCCCCCCC1)OCO. The summed E-state index contributed by atoms with van der Waals surface area (Å²) in [5.74, 6) is -0.578. The van der Waals surface area contributed by atoms with Crippen molar-refractivity contribution in [2.24, 2.45) is 17.3 Å². The van der Waals surface area contributed by atoms with Crippen LogP contribution in [-0.2, 0) is 19.1 Å². The summed E-state index contributed by atoms with van der Waals surface area (Å²) in [6.45, 7) is -1.26. The molecule has 0 bridgehead atoms. The highest BCUT2D eigenvalue weighted by Crippen LogP contribution is 2.50. The first-order valence-corrected chi connectivity index (χ1v) is 14.5. The fourth-order valence-electron chi connectivity index (χ4n) is 6.42. The number of aliphatic hydroxyl groups is 2. The second-order valence-corrected chi connectivity index (χ2v) is 10.7. The molecule has 2 saturated carbocycles. The molecule has 2 aliphatic carbocycles. The van der Waals surface area contributed by atoms with Crippen molar-refractivity contribution < 1.29 is 29.3 Å². The lowest BCUT2D eigenvalue weighted by atomic mass is 9.59. The molecular formula is C30H50O6. The summed E-state index contributed by atoms with van der Waals surface area (Å²) in [7, 11) is 0. The van der Waals surface area contributed by atoms with Gasteiger partial charge in [0.2, 0.25) is 0 Å². The summed E-state index contributed by atoms with van der Waals surface area (Å²) in [5, 5.41) is 18.1. The summed E-state index contributed by atoms with van der Waals surface area (Å²) in [5.41, 5.74) is -0.275. The molecule has 0 aromatic heterocycles. The van der Waals surface area contributed by atoms with Crippen LogP contribution in [0.5, 0.6) is 0 Å². The molecule has 6 nitrogen and oxygen atoms in total. The third-order valence-electron chi connectivity index (χ3n) is 8.34. The average Bonchev–Trinajstić information content (AvgIpc) is 2.96. The zero-order valence-electron chi connectivity index (χ0n) is 22.3. The molecule has 36 heavy (non-hydrogen) atoms. The molecule has 0 aromatic carbocycles. The van der Waals surface area contributed by atoms with Crippen LogP contribution in [0, 0.1) is 17.3 Å². The smallest absolute Gasteiger partial charge is 0.332 e. The zero-order valence-corrected chi connectivity index (χ0v) is 22.3. The highest BCUT2D eigenvalue weighted by atomic mass is 16.6. The fraction of sp³-hybridized carbons (Fsp3) is 0.800. The quantitative estimate of drug-likeness (QED) is 0.226. The maximum Gasteiger partial charge on any atom is 0.332 e. The minimum absolute atomic E-state index is 0.0788. The summed E-state index contributed by atoms with van der Waals surface area (Å²) in [6, 6.07) is 0. The van der Waals surface area contributed by atoms with Gasteiger partial charge in [0.15, 0.2) is 13.6 Å². The lowest BCUT2D eigenvalue weighted by molar-refractivity contribution is -0.146. The van der Waals surface area contributed by atoms with Crippen LogP contribution in [0.1, 0.15) is 122 Å². The van der Waals surface area contributed by atoms with E-state index < -0.39 is 25.5 Å². The average molecular weight is 507 g/mol. The van der Waals surface area contributed by atoms with Gasteiger partial charge in [0.1, 0.15) is 0 Å². The van der Waals surface area contributed by atoms with Gasteiger partial charge < -0.3 is 19.7 Å². The van der Waals surface area contributed by atoms with Gasteiger partial charge in [-0.05, 0) is 42.9 Å². The summed E-state index contributed by atoms with van der Waals surface area (Å²) < 4.78 is 9.65. The Morgan fingerprint density at radius 2 is 1.08 bits per heavy atom. The molecule has 2 atom stereocenters. The van der Waals surface area contributed by atoms with E-state index in [2.05, 4.69) is 6.08 Å². The van der Waals surface area contributed by atoms with Crippen LogP contribution in [0.3, 0.4) is 0 Å². The Kier molecular flexibility index (Phi) is 15.8. The van der Waals surface area contributed by atoms with Gasteiger partial charge in [-0.3, -0.25) is 0 Å². The molecule has 0 radical (unpaired) electrons. The Hall–Kier alpha value is -1.66. The van der Waals surface area contributed by atoms with E-state index in [1.165, 1.54) is 95.6 Å². The van der Waals surface area contributed by atoms with E-state index in [1.807, 2.05) is 6.08 Å². The first-order chi connectivity index (χ1) is 17.6. The third-order valence-corrected chi connectivity index (χ3v) is 8.34. The molecule has 0 heterocycles. The Morgan fingerprint density at radius 1 is 0.639 bits per heavy atom. The Morgan fingerprint density at radius 3 is 1.61 bits per heavy atom. The van der Waals surface area contributed by atoms with Crippen LogP contribution in [0.25, 0.3) is 0 Å². The van der Waals surface area contributed by atoms with E-state index in [9.17, 15) is 9.59 Å². The van der Waals surface area contributed by atoms with E-state index in [0.717, 1.165) is 38.5 Å². The fourth-order valence-corrected chi connectivity index (χ4v) is 6.42. The predicted octanol–water partition coefficient (Wildman–Crippen LogP) is 6.74. The van der Waals surface area contributed by atoms with Crippen molar-refractivity contribution in [2.45, 2.75) is 122 Å². The van der Waals surface area contributed by atoms with Gasteiger partial charge in [-0.1, -0.05) is 108 Å². The van der Waals surface area contributed by atoms with Crippen LogP contribution >= 0.6 is 0 Å². The second-order valence-electron chi connectivity index (χ2n) is 10.7. The first-order valence-electron chi connectivity index (χ1n) is 14.5. The van der Waals surface area contributed by atoms with E-state index in [4.69, 9.17) is 19.7 Å². The largest absolute Gasteiger partial charge is 0.436 e. The molecule has 2 fully saturated rings. The standard InChI is InChI=1S/C30H50O6/c31-24-35-28(33)20-19-27-18-14-10-6-3-7-11-15-22-30(27,23-21-29(34)36-25-32)26-16-12-8-4-1-2-5-9-13-17-26/h19-21,23,26-27,31-32H,1-18,22,24-25H2. The summed E-state index contributed by atoms with van der Waals surface area (Å²) in [4.78, 5) is 24.6. The maximum absolute atomic E-state index is 12.4. The Bertz CT molecular complexity index is 660. The molecule has 2 N–H and O–H groups in total. The number of esters is 2. The van der Waals surface area contributed by atoms with Crippen molar-refractivity contribution in [3.05, 3.63) is 24.3 Å². The Labute approximate surface area is 218 Å². The molecule has 0 aliphatic heterocycles. The molecule has 206 valence electrons. The summed E-state index contributed by atoms with van der Waals surface area (Å²) in [6.07, 6.45) is 29.5. The number of carbonyl (C=O) groups excluding carboxylic acids is 2. The monoisotopic (exact) mass is 506 g/mol. The second kappa shape index (κ2) is 18.6. The molecule has 2 aliphatic rings. The zero-order chi connectivity index (χ0) is 25.9. The summed E-state index contributed by atoms with van der Waals surface area (Å²) >= 11 is 0. The highest BCUT2D eigenvalue weighted by molar-refractivity contribution is 5.82. The molecule has 0 amide bonds. The number of rotatable bonds is 7. The van der Waals surface area contributed by atoms with E-state index >= 15 is 0 Å². The normalized spacial score (nSPS) is 26.7. The molecule has 0 spiro atoms. The van der Waals surface area contributed by atoms with Gasteiger partial charge in [0, 0.05) is 12.2 Å².